The van der Waals surface area contributed by atoms with E-state index < -0.39 is 0 Å². The molecule has 2 atom stereocenters. The van der Waals surface area contributed by atoms with Gasteiger partial charge in [0.15, 0.2) is 0 Å². The standard InChI is InChI=1S/C14H19FN2O2/c15-11-4-6-12(7-5-11)17-14(19)16-9-10-2-1-3-13(18)8-10/h4-7,10,13,18H,1-3,8-9H2,(H2,16,17,19). The van der Waals surface area contributed by atoms with E-state index >= 15 is 0 Å². The maximum Gasteiger partial charge on any atom is 0.319 e. The first-order chi connectivity index (χ1) is 9.13. The molecule has 0 spiro atoms. The average molecular weight is 266 g/mol. The van der Waals surface area contributed by atoms with Gasteiger partial charge in [-0.25, -0.2) is 9.18 Å². The normalized spacial score (nSPS) is 22.8. The van der Waals surface area contributed by atoms with Crippen LogP contribution in [-0.4, -0.2) is 23.8 Å². The fourth-order valence-corrected chi connectivity index (χ4v) is 2.39. The Morgan fingerprint density at radius 2 is 2.05 bits per heavy atom. The van der Waals surface area contributed by atoms with Gasteiger partial charge in [0.25, 0.3) is 0 Å². The lowest BCUT2D eigenvalue weighted by molar-refractivity contribution is 0.101. The molecule has 1 aliphatic carbocycles. The highest BCUT2D eigenvalue weighted by molar-refractivity contribution is 5.89. The Bertz CT molecular complexity index is 422. The zero-order valence-electron chi connectivity index (χ0n) is 10.7. The van der Waals surface area contributed by atoms with Gasteiger partial charge >= 0.3 is 6.03 Å². The minimum Gasteiger partial charge on any atom is -0.393 e. The van der Waals surface area contributed by atoms with Gasteiger partial charge in [-0.15, -0.1) is 0 Å². The maximum atomic E-state index is 12.7. The molecule has 1 fully saturated rings. The van der Waals surface area contributed by atoms with E-state index in [9.17, 15) is 14.3 Å². The molecular weight excluding hydrogens is 247 g/mol. The molecule has 2 unspecified atom stereocenters. The predicted octanol–water partition coefficient (Wildman–Crippen LogP) is 2.50. The minimum absolute atomic E-state index is 0.235. The van der Waals surface area contributed by atoms with Crippen molar-refractivity contribution in [2.75, 3.05) is 11.9 Å². The molecule has 5 heteroatoms. The first kappa shape index (κ1) is 13.8. The Morgan fingerprint density at radius 1 is 1.32 bits per heavy atom. The van der Waals surface area contributed by atoms with Crippen molar-refractivity contribution in [1.29, 1.82) is 0 Å². The summed E-state index contributed by atoms with van der Waals surface area (Å²) in [5, 5.41) is 15.0. The monoisotopic (exact) mass is 266 g/mol. The van der Waals surface area contributed by atoms with E-state index in [2.05, 4.69) is 10.6 Å². The van der Waals surface area contributed by atoms with Crippen LogP contribution in [0.1, 0.15) is 25.7 Å². The summed E-state index contributed by atoms with van der Waals surface area (Å²) in [6.07, 6.45) is 3.41. The zero-order valence-corrected chi connectivity index (χ0v) is 10.7. The van der Waals surface area contributed by atoms with Crippen LogP contribution in [0.2, 0.25) is 0 Å². The Labute approximate surface area is 112 Å². The highest BCUT2D eigenvalue weighted by Gasteiger charge is 2.20. The van der Waals surface area contributed by atoms with E-state index in [1.807, 2.05) is 0 Å². The summed E-state index contributed by atoms with van der Waals surface area (Å²) >= 11 is 0. The summed E-state index contributed by atoms with van der Waals surface area (Å²) in [6.45, 7) is 0.560. The van der Waals surface area contributed by atoms with Gasteiger partial charge in [0, 0.05) is 12.2 Å². The highest BCUT2D eigenvalue weighted by Crippen LogP contribution is 2.23. The van der Waals surface area contributed by atoms with Crippen LogP contribution in [0, 0.1) is 11.7 Å². The lowest BCUT2D eigenvalue weighted by Gasteiger charge is -2.25. The first-order valence-corrected chi connectivity index (χ1v) is 6.62. The molecule has 0 aromatic heterocycles. The van der Waals surface area contributed by atoms with Gasteiger partial charge in [-0.2, -0.15) is 0 Å². The topological polar surface area (TPSA) is 61.4 Å². The third kappa shape index (κ3) is 4.52. The number of hydrogen-bond donors (Lipinski definition) is 3. The third-order valence-electron chi connectivity index (χ3n) is 3.41. The van der Waals surface area contributed by atoms with Gasteiger partial charge < -0.3 is 15.7 Å². The van der Waals surface area contributed by atoms with Gasteiger partial charge in [0.2, 0.25) is 0 Å². The number of aliphatic hydroxyl groups is 1. The van der Waals surface area contributed by atoms with Crippen molar-refractivity contribution in [3.63, 3.8) is 0 Å². The lowest BCUT2D eigenvalue weighted by atomic mass is 9.87. The lowest BCUT2D eigenvalue weighted by Crippen LogP contribution is -2.35. The third-order valence-corrected chi connectivity index (χ3v) is 3.41. The number of carbonyl (C=O) groups excluding carboxylic acids is 1. The number of halogens is 1. The number of amides is 2. The van der Waals surface area contributed by atoms with E-state index in [0.29, 0.717) is 18.2 Å². The molecule has 2 amide bonds. The van der Waals surface area contributed by atoms with Crippen molar-refractivity contribution in [3.05, 3.63) is 30.1 Å². The second-order valence-corrected chi connectivity index (χ2v) is 5.03. The van der Waals surface area contributed by atoms with Crippen molar-refractivity contribution in [2.45, 2.75) is 31.8 Å². The summed E-state index contributed by atoms with van der Waals surface area (Å²) in [5.74, 6) is 0.00451. The van der Waals surface area contributed by atoms with Crippen molar-refractivity contribution < 1.29 is 14.3 Å². The second kappa shape index (κ2) is 6.52. The number of rotatable bonds is 3. The Hall–Kier alpha value is -1.62. The van der Waals surface area contributed by atoms with Crippen LogP contribution in [0.15, 0.2) is 24.3 Å². The Balaban J connectivity index is 1.73. The number of aliphatic hydroxyl groups excluding tert-OH is 1. The summed E-state index contributed by atoms with van der Waals surface area (Å²) in [4.78, 5) is 11.6. The van der Waals surface area contributed by atoms with Gasteiger partial charge in [-0.05, 0) is 49.4 Å². The van der Waals surface area contributed by atoms with Crippen molar-refractivity contribution in [3.8, 4) is 0 Å². The highest BCUT2D eigenvalue weighted by atomic mass is 19.1. The van der Waals surface area contributed by atoms with Gasteiger partial charge in [0.05, 0.1) is 6.10 Å². The number of anilines is 1. The molecule has 0 saturated heterocycles. The summed E-state index contributed by atoms with van der Waals surface area (Å²) in [7, 11) is 0. The maximum absolute atomic E-state index is 12.7. The quantitative estimate of drug-likeness (QED) is 0.787. The first-order valence-electron chi connectivity index (χ1n) is 6.62. The molecule has 1 aliphatic rings. The number of carbonyl (C=O) groups is 1. The van der Waals surface area contributed by atoms with E-state index in [0.717, 1.165) is 25.7 Å². The number of benzene rings is 1. The van der Waals surface area contributed by atoms with Crippen LogP contribution < -0.4 is 10.6 Å². The smallest absolute Gasteiger partial charge is 0.319 e. The van der Waals surface area contributed by atoms with Gasteiger partial charge in [-0.3, -0.25) is 0 Å². The number of urea groups is 1. The fraction of sp³-hybridized carbons (Fsp3) is 0.500. The molecule has 19 heavy (non-hydrogen) atoms. The molecule has 0 radical (unpaired) electrons. The SMILES string of the molecule is O=C(NCC1CCCC(O)C1)Nc1ccc(F)cc1. The van der Waals surface area contributed by atoms with Crippen LogP contribution in [0.4, 0.5) is 14.9 Å². The zero-order chi connectivity index (χ0) is 13.7. The van der Waals surface area contributed by atoms with E-state index in [-0.39, 0.29) is 18.0 Å². The molecule has 0 aliphatic heterocycles. The molecule has 1 aromatic carbocycles. The number of nitrogens with one attached hydrogen (secondary N) is 2. The van der Waals surface area contributed by atoms with Gasteiger partial charge in [0.1, 0.15) is 5.82 Å². The molecule has 0 heterocycles. The molecule has 4 nitrogen and oxygen atoms in total. The molecular formula is C14H19FN2O2. The average Bonchev–Trinajstić information content (AvgIpc) is 2.39. The largest absolute Gasteiger partial charge is 0.393 e. The molecule has 0 bridgehead atoms. The summed E-state index contributed by atoms with van der Waals surface area (Å²) in [5.41, 5.74) is 0.558. The number of hydrogen-bond acceptors (Lipinski definition) is 2. The van der Waals surface area contributed by atoms with Crippen molar-refractivity contribution >= 4 is 11.7 Å². The molecule has 3 N–H and O–H groups in total. The van der Waals surface area contributed by atoms with E-state index in [1.165, 1.54) is 24.3 Å². The fourth-order valence-electron chi connectivity index (χ4n) is 2.39. The second-order valence-electron chi connectivity index (χ2n) is 5.03. The van der Waals surface area contributed by atoms with Crippen LogP contribution >= 0.6 is 0 Å². The van der Waals surface area contributed by atoms with Crippen molar-refractivity contribution in [1.82, 2.24) is 5.32 Å². The van der Waals surface area contributed by atoms with Crippen LogP contribution in [0.25, 0.3) is 0 Å². The summed E-state index contributed by atoms with van der Waals surface area (Å²) < 4.78 is 12.7. The van der Waals surface area contributed by atoms with E-state index in [4.69, 9.17) is 0 Å². The van der Waals surface area contributed by atoms with Crippen LogP contribution in [0.3, 0.4) is 0 Å². The molecule has 2 rings (SSSR count). The van der Waals surface area contributed by atoms with Gasteiger partial charge in [-0.1, -0.05) is 6.42 Å². The van der Waals surface area contributed by atoms with Crippen LogP contribution in [0.5, 0.6) is 0 Å². The molecule has 1 aromatic rings. The minimum atomic E-state index is -0.331. The van der Waals surface area contributed by atoms with E-state index in [1.54, 1.807) is 0 Å². The summed E-state index contributed by atoms with van der Waals surface area (Å²) in [6, 6.07) is 5.32. The Morgan fingerprint density at radius 3 is 2.74 bits per heavy atom. The Kier molecular flexibility index (Phi) is 4.74. The van der Waals surface area contributed by atoms with Crippen molar-refractivity contribution in [2.24, 2.45) is 5.92 Å². The predicted molar refractivity (Wildman–Crippen MR) is 71.4 cm³/mol. The molecule has 104 valence electrons. The molecule has 1 saturated carbocycles. The van der Waals surface area contributed by atoms with Crippen LogP contribution in [-0.2, 0) is 0 Å².